The highest BCUT2D eigenvalue weighted by molar-refractivity contribution is 4.99. The number of rotatable bonds is 9. The van der Waals surface area contributed by atoms with Crippen LogP contribution in [0.2, 0.25) is 0 Å². The van der Waals surface area contributed by atoms with Crippen molar-refractivity contribution in [2.45, 2.75) is 122 Å². The lowest BCUT2D eigenvalue weighted by Crippen LogP contribution is -2.48. The third-order valence-electron chi connectivity index (χ3n) is 11.0. The number of quaternary nitrogens is 2. The van der Waals surface area contributed by atoms with E-state index in [9.17, 15) is 0 Å². The Morgan fingerprint density at radius 1 is 0.900 bits per heavy atom. The Labute approximate surface area is 189 Å². The third kappa shape index (κ3) is 4.66. The van der Waals surface area contributed by atoms with Gasteiger partial charge >= 0.3 is 0 Å². The molecule has 2 nitrogen and oxygen atoms in total. The number of unbranched alkanes of at least 4 members (excludes halogenated alkanes) is 1. The van der Waals surface area contributed by atoms with Gasteiger partial charge in [0.2, 0.25) is 0 Å². The number of nitrogens with zero attached hydrogens (tertiary/aromatic N) is 2. The van der Waals surface area contributed by atoms with Crippen LogP contribution in [0.3, 0.4) is 0 Å². The fourth-order valence-electron chi connectivity index (χ4n) is 7.80. The van der Waals surface area contributed by atoms with E-state index in [0.717, 1.165) is 41.8 Å². The summed E-state index contributed by atoms with van der Waals surface area (Å²) in [7, 11) is 5.03. The number of likely N-dealkylation sites (tertiary alicyclic amines) is 1. The molecule has 4 aliphatic rings. The van der Waals surface area contributed by atoms with E-state index in [-0.39, 0.29) is 0 Å². The summed E-state index contributed by atoms with van der Waals surface area (Å²) < 4.78 is 2.82. The summed E-state index contributed by atoms with van der Waals surface area (Å²) in [6.45, 7) is 12.0. The first-order valence-electron chi connectivity index (χ1n) is 14.1. The molecule has 0 N–H and O–H groups in total. The quantitative estimate of drug-likeness (QED) is 0.291. The Hall–Kier alpha value is -0.0800. The monoisotopic (exact) mass is 418 g/mol. The van der Waals surface area contributed by atoms with Crippen molar-refractivity contribution in [2.75, 3.05) is 33.7 Å². The highest BCUT2D eigenvalue weighted by atomic mass is 15.6. The first-order valence-corrected chi connectivity index (χ1v) is 14.1. The first-order chi connectivity index (χ1) is 14.4. The normalized spacial score (nSPS) is 42.1. The van der Waals surface area contributed by atoms with Gasteiger partial charge in [-0.05, 0) is 50.4 Å². The van der Waals surface area contributed by atoms with Gasteiger partial charge in [0.05, 0.1) is 39.8 Å². The molecule has 2 aliphatic heterocycles. The standard InChI is InChI=1S/C28H54N2/c1-6-7-19-30(27-16-17-28(27)30)21-25-13-8-10-23(3)29(4,5)20-18-26(25)22(2)14-15-24-11-9-12-24/h22-28H,6-21H2,1-5H3/q+2. The van der Waals surface area contributed by atoms with E-state index in [4.69, 9.17) is 0 Å². The van der Waals surface area contributed by atoms with Gasteiger partial charge < -0.3 is 8.97 Å². The van der Waals surface area contributed by atoms with Crippen LogP contribution in [0.4, 0.5) is 0 Å². The lowest BCUT2D eigenvalue weighted by molar-refractivity contribution is -0.914. The van der Waals surface area contributed by atoms with Crippen LogP contribution in [-0.2, 0) is 0 Å². The van der Waals surface area contributed by atoms with Crippen molar-refractivity contribution in [3.8, 4) is 0 Å². The smallest absolute Gasteiger partial charge is 0.142 e. The topological polar surface area (TPSA) is 0 Å². The molecule has 2 saturated carbocycles. The largest absolute Gasteiger partial charge is 0.326 e. The van der Waals surface area contributed by atoms with Crippen molar-refractivity contribution in [2.24, 2.45) is 23.7 Å². The van der Waals surface area contributed by atoms with Gasteiger partial charge in [0.15, 0.2) is 0 Å². The second-order valence-corrected chi connectivity index (χ2v) is 12.9. The average Bonchev–Trinajstić information content (AvgIpc) is 3.07. The number of hydrogen-bond donors (Lipinski definition) is 0. The maximum Gasteiger partial charge on any atom is 0.142 e. The summed E-state index contributed by atoms with van der Waals surface area (Å²) in [6, 6.07) is 3.00. The van der Waals surface area contributed by atoms with Crippen molar-refractivity contribution < 1.29 is 8.97 Å². The molecular formula is C28H54N2+2. The zero-order chi connectivity index (χ0) is 21.4. The van der Waals surface area contributed by atoms with Gasteiger partial charge in [-0.25, -0.2) is 0 Å². The van der Waals surface area contributed by atoms with E-state index < -0.39 is 0 Å². The molecule has 0 amide bonds. The summed E-state index contributed by atoms with van der Waals surface area (Å²) in [6.07, 6.45) is 19.5. The predicted molar refractivity (Wildman–Crippen MR) is 129 cm³/mol. The SMILES string of the molecule is CCCC[N+]1(CC2CCCC(C)[N+](C)(C)CCC2C(C)CCC2CCC2)C2CCC21. The first kappa shape index (κ1) is 23.1. The van der Waals surface area contributed by atoms with Crippen LogP contribution in [0.25, 0.3) is 0 Å². The van der Waals surface area contributed by atoms with Gasteiger partial charge in [-0.1, -0.05) is 52.4 Å². The minimum atomic E-state index is 0.829. The fourth-order valence-corrected chi connectivity index (χ4v) is 7.80. The third-order valence-corrected chi connectivity index (χ3v) is 11.0. The van der Waals surface area contributed by atoms with Crippen molar-refractivity contribution in [1.82, 2.24) is 0 Å². The fraction of sp³-hybridized carbons (Fsp3) is 1.00. The molecule has 4 rings (SSSR count). The van der Waals surface area contributed by atoms with Gasteiger partial charge in [0.1, 0.15) is 12.1 Å². The molecule has 0 aromatic heterocycles. The average molecular weight is 419 g/mol. The molecule has 2 saturated heterocycles. The Balaban J connectivity index is 1.47. The van der Waals surface area contributed by atoms with Gasteiger partial charge in [-0.15, -0.1) is 0 Å². The summed E-state index contributed by atoms with van der Waals surface area (Å²) >= 11 is 0. The van der Waals surface area contributed by atoms with Crippen LogP contribution in [-0.4, -0.2) is 60.8 Å². The van der Waals surface area contributed by atoms with Crippen LogP contribution in [0.5, 0.6) is 0 Å². The van der Waals surface area contributed by atoms with Crippen LogP contribution >= 0.6 is 0 Å². The summed E-state index contributed by atoms with van der Waals surface area (Å²) in [5.41, 5.74) is 0. The van der Waals surface area contributed by atoms with Crippen LogP contribution < -0.4 is 0 Å². The van der Waals surface area contributed by atoms with Crippen molar-refractivity contribution in [3.63, 3.8) is 0 Å². The second kappa shape index (κ2) is 9.42. The molecule has 2 heterocycles. The van der Waals surface area contributed by atoms with E-state index >= 15 is 0 Å². The minimum absolute atomic E-state index is 0.829. The summed E-state index contributed by atoms with van der Waals surface area (Å²) in [4.78, 5) is 0. The molecule has 0 radical (unpaired) electrons. The van der Waals surface area contributed by atoms with Gasteiger partial charge in [-0.2, -0.15) is 0 Å². The van der Waals surface area contributed by atoms with E-state index in [2.05, 4.69) is 34.9 Å². The molecule has 0 spiro atoms. The van der Waals surface area contributed by atoms with Gasteiger partial charge in [-0.3, -0.25) is 0 Å². The highest BCUT2D eigenvalue weighted by Crippen LogP contribution is 2.56. The zero-order valence-corrected chi connectivity index (χ0v) is 21.2. The van der Waals surface area contributed by atoms with E-state index in [0.29, 0.717) is 0 Å². The Kier molecular flexibility index (Phi) is 7.25. The van der Waals surface area contributed by atoms with Crippen LogP contribution in [0, 0.1) is 23.7 Å². The lowest BCUT2D eigenvalue weighted by Gasteiger charge is -2.39. The van der Waals surface area contributed by atoms with Crippen molar-refractivity contribution in [1.29, 1.82) is 0 Å². The molecule has 6 unspecified atom stereocenters. The summed E-state index contributed by atoms with van der Waals surface area (Å²) in [5.74, 6) is 3.99. The molecule has 0 aromatic carbocycles. The van der Waals surface area contributed by atoms with Gasteiger partial charge in [0.25, 0.3) is 0 Å². The zero-order valence-electron chi connectivity index (χ0n) is 21.2. The molecule has 2 aliphatic carbocycles. The summed E-state index contributed by atoms with van der Waals surface area (Å²) in [5, 5.41) is 0. The molecular weight excluding hydrogens is 364 g/mol. The molecule has 4 fully saturated rings. The van der Waals surface area contributed by atoms with Crippen molar-refractivity contribution in [3.05, 3.63) is 0 Å². The number of fused-ring (bicyclic) bond motifs is 1. The van der Waals surface area contributed by atoms with E-state index in [1.165, 1.54) is 88.2 Å². The molecule has 0 bridgehead atoms. The van der Waals surface area contributed by atoms with Gasteiger partial charge in [0, 0.05) is 25.2 Å². The lowest BCUT2D eigenvalue weighted by atomic mass is 9.73. The van der Waals surface area contributed by atoms with Crippen LogP contribution in [0.1, 0.15) is 104 Å². The highest BCUT2D eigenvalue weighted by Gasteiger charge is 2.71. The molecule has 6 atom stereocenters. The molecule has 2 heteroatoms. The van der Waals surface area contributed by atoms with Crippen LogP contribution in [0.15, 0.2) is 0 Å². The Morgan fingerprint density at radius 3 is 2.20 bits per heavy atom. The van der Waals surface area contributed by atoms with Crippen molar-refractivity contribution >= 4 is 0 Å². The minimum Gasteiger partial charge on any atom is -0.326 e. The number of hydrogen-bond acceptors (Lipinski definition) is 0. The maximum absolute atomic E-state index is 2.66. The maximum atomic E-state index is 2.66. The second-order valence-electron chi connectivity index (χ2n) is 12.9. The molecule has 30 heavy (non-hydrogen) atoms. The van der Waals surface area contributed by atoms with E-state index in [1.54, 1.807) is 23.9 Å². The molecule has 0 aromatic rings. The predicted octanol–water partition coefficient (Wildman–Crippen LogP) is 6.64. The Morgan fingerprint density at radius 2 is 1.60 bits per heavy atom. The van der Waals surface area contributed by atoms with E-state index in [1.807, 2.05) is 0 Å². The Bertz CT molecular complexity index is 541. The molecule has 174 valence electrons.